The summed E-state index contributed by atoms with van der Waals surface area (Å²) in [6, 6.07) is 13.6. The number of aliphatic hydroxyl groups is 2. The van der Waals surface area contributed by atoms with Crippen LogP contribution in [0.4, 0.5) is 4.39 Å². The maximum atomic E-state index is 13.1. The quantitative estimate of drug-likeness (QED) is 0.831. The lowest BCUT2D eigenvalue weighted by Gasteiger charge is -2.39. The molecule has 2 aromatic carbocycles. The van der Waals surface area contributed by atoms with E-state index in [1.807, 2.05) is 31.2 Å². The Bertz CT molecular complexity index is 694. The van der Waals surface area contributed by atoms with Crippen molar-refractivity contribution in [3.63, 3.8) is 0 Å². The maximum Gasteiger partial charge on any atom is 0.123 e. The molecule has 0 bridgehead atoms. The lowest BCUT2D eigenvalue weighted by molar-refractivity contribution is -0.0345. The minimum absolute atomic E-state index is 0.298. The number of aliphatic hydroxyl groups excluding tert-OH is 1. The molecule has 4 nitrogen and oxygen atoms in total. The summed E-state index contributed by atoms with van der Waals surface area (Å²) in [5, 5.41) is 21.3. The predicted molar refractivity (Wildman–Crippen MR) is 98.5 cm³/mol. The summed E-state index contributed by atoms with van der Waals surface area (Å²) in [6.45, 7) is 4.44. The van der Waals surface area contributed by atoms with E-state index in [0.717, 1.165) is 16.9 Å². The molecule has 0 amide bonds. The van der Waals surface area contributed by atoms with Crippen LogP contribution in [-0.4, -0.2) is 41.4 Å². The molecule has 0 spiro atoms. The topological polar surface area (TPSA) is 52.9 Å². The van der Waals surface area contributed by atoms with E-state index in [2.05, 4.69) is 4.90 Å². The van der Waals surface area contributed by atoms with Gasteiger partial charge in [0, 0.05) is 19.6 Å². The highest BCUT2D eigenvalue weighted by Gasteiger charge is 2.34. The van der Waals surface area contributed by atoms with Crippen LogP contribution in [0.3, 0.4) is 0 Å². The summed E-state index contributed by atoms with van der Waals surface area (Å²) in [7, 11) is 0. The Hall–Kier alpha value is -1.95. The van der Waals surface area contributed by atoms with Crippen molar-refractivity contribution in [2.45, 2.75) is 31.5 Å². The molecular formula is C21H26FNO3. The van der Waals surface area contributed by atoms with Gasteiger partial charge in [0.2, 0.25) is 0 Å². The van der Waals surface area contributed by atoms with Crippen molar-refractivity contribution in [1.29, 1.82) is 0 Å². The van der Waals surface area contributed by atoms with Crippen LogP contribution in [0.15, 0.2) is 48.5 Å². The van der Waals surface area contributed by atoms with E-state index < -0.39 is 11.7 Å². The number of β-amino-alcohol motifs (C(OH)–C–C–N with tert-alkyl or cyclic N) is 1. The number of ether oxygens (including phenoxy) is 1. The lowest BCUT2D eigenvalue weighted by Crippen LogP contribution is -2.43. The third-order valence-corrected chi connectivity index (χ3v) is 5.07. The van der Waals surface area contributed by atoms with Gasteiger partial charge in [-0.05, 0) is 55.2 Å². The molecule has 1 heterocycles. The molecule has 0 radical (unpaired) electrons. The van der Waals surface area contributed by atoms with Gasteiger partial charge >= 0.3 is 0 Å². The third-order valence-electron chi connectivity index (χ3n) is 5.07. The summed E-state index contributed by atoms with van der Waals surface area (Å²) >= 11 is 0. The Balaban J connectivity index is 1.55. The average Bonchev–Trinajstić information content (AvgIpc) is 2.65. The van der Waals surface area contributed by atoms with Crippen LogP contribution in [-0.2, 0) is 5.60 Å². The van der Waals surface area contributed by atoms with E-state index >= 15 is 0 Å². The van der Waals surface area contributed by atoms with Crippen LogP contribution in [0, 0.1) is 5.82 Å². The number of nitrogens with zero attached hydrogens (tertiary/aromatic N) is 1. The van der Waals surface area contributed by atoms with Crippen LogP contribution in [0.5, 0.6) is 5.75 Å². The average molecular weight is 359 g/mol. The predicted octanol–water partition coefficient (Wildman–Crippen LogP) is 3.24. The smallest absolute Gasteiger partial charge is 0.123 e. The molecular weight excluding hydrogens is 333 g/mol. The molecule has 1 aliphatic rings. The number of likely N-dealkylation sites (tertiary alicyclic amines) is 1. The van der Waals surface area contributed by atoms with Crippen molar-refractivity contribution in [2.75, 3.05) is 26.2 Å². The molecule has 2 aromatic rings. The fourth-order valence-corrected chi connectivity index (χ4v) is 3.46. The van der Waals surface area contributed by atoms with E-state index in [9.17, 15) is 14.6 Å². The molecule has 3 rings (SSSR count). The van der Waals surface area contributed by atoms with E-state index in [1.165, 1.54) is 12.1 Å². The van der Waals surface area contributed by atoms with Gasteiger partial charge in [0.25, 0.3) is 0 Å². The Labute approximate surface area is 153 Å². The van der Waals surface area contributed by atoms with Gasteiger partial charge in [-0.15, -0.1) is 0 Å². The Morgan fingerprint density at radius 1 is 1.08 bits per heavy atom. The SMILES string of the molecule is CCOc1ccc([C@@H](O)CN2CCC(O)(c3ccc(F)cc3)CC2)cc1. The van der Waals surface area contributed by atoms with Crippen LogP contribution in [0.1, 0.15) is 37.0 Å². The van der Waals surface area contributed by atoms with Crippen LogP contribution >= 0.6 is 0 Å². The van der Waals surface area contributed by atoms with Gasteiger partial charge in [-0.2, -0.15) is 0 Å². The van der Waals surface area contributed by atoms with Crippen molar-refractivity contribution in [3.05, 3.63) is 65.5 Å². The molecule has 1 atom stereocenters. The molecule has 1 aliphatic heterocycles. The number of hydrogen-bond acceptors (Lipinski definition) is 4. The Morgan fingerprint density at radius 2 is 1.69 bits per heavy atom. The number of hydrogen-bond donors (Lipinski definition) is 2. The highest BCUT2D eigenvalue weighted by Crippen LogP contribution is 2.33. The normalized spacial score (nSPS) is 18.5. The van der Waals surface area contributed by atoms with Crippen molar-refractivity contribution in [1.82, 2.24) is 4.90 Å². The Morgan fingerprint density at radius 3 is 2.27 bits per heavy atom. The molecule has 5 heteroatoms. The number of halogens is 1. The first kappa shape index (κ1) is 18.8. The fraction of sp³-hybridized carbons (Fsp3) is 0.429. The van der Waals surface area contributed by atoms with Gasteiger partial charge in [0.05, 0.1) is 18.3 Å². The van der Waals surface area contributed by atoms with Gasteiger partial charge in [0.15, 0.2) is 0 Å². The van der Waals surface area contributed by atoms with Crippen LogP contribution in [0.2, 0.25) is 0 Å². The van der Waals surface area contributed by atoms with E-state index in [4.69, 9.17) is 4.74 Å². The minimum Gasteiger partial charge on any atom is -0.494 e. The summed E-state index contributed by atoms with van der Waals surface area (Å²) in [6.07, 6.45) is 0.547. The molecule has 0 aliphatic carbocycles. The van der Waals surface area contributed by atoms with Crippen LogP contribution in [0.25, 0.3) is 0 Å². The van der Waals surface area contributed by atoms with E-state index in [1.54, 1.807) is 12.1 Å². The molecule has 0 saturated carbocycles. The van der Waals surface area contributed by atoms with Crippen molar-refractivity contribution in [2.24, 2.45) is 0 Å². The summed E-state index contributed by atoms with van der Waals surface area (Å²) in [4.78, 5) is 2.15. The van der Waals surface area contributed by atoms with Gasteiger partial charge in [-0.25, -0.2) is 4.39 Å². The van der Waals surface area contributed by atoms with Crippen molar-refractivity contribution >= 4 is 0 Å². The standard InChI is InChI=1S/C21H26FNO3/c1-2-26-19-9-3-16(4-10-19)20(24)15-23-13-11-21(25,12-14-23)17-5-7-18(22)8-6-17/h3-10,20,24-25H,2,11-15H2,1H3/t20-/m0/s1. The molecule has 26 heavy (non-hydrogen) atoms. The zero-order valence-electron chi connectivity index (χ0n) is 15.1. The monoisotopic (exact) mass is 359 g/mol. The molecule has 0 unspecified atom stereocenters. The Kier molecular flexibility index (Phi) is 5.91. The highest BCUT2D eigenvalue weighted by molar-refractivity contribution is 5.29. The second-order valence-electron chi connectivity index (χ2n) is 6.86. The van der Waals surface area contributed by atoms with Gasteiger partial charge in [-0.1, -0.05) is 24.3 Å². The molecule has 2 N–H and O–H groups in total. The highest BCUT2D eigenvalue weighted by atomic mass is 19.1. The maximum absolute atomic E-state index is 13.1. The van der Waals surface area contributed by atoms with Gasteiger partial charge < -0.3 is 19.8 Å². The largest absolute Gasteiger partial charge is 0.494 e. The zero-order valence-corrected chi connectivity index (χ0v) is 15.1. The third kappa shape index (κ3) is 4.41. The first-order valence-corrected chi connectivity index (χ1v) is 9.12. The lowest BCUT2D eigenvalue weighted by atomic mass is 9.84. The summed E-state index contributed by atoms with van der Waals surface area (Å²) in [5.74, 6) is 0.499. The summed E-state index contributed by atoms with van der Waals surface area (Å²) < 4.78 is 18.5. The molecule has 1 fully saturated rings. The summed E-state index contributed by atoms with van der Waals surface area (Å²) in [5.41, 5.74) is 0.687. The molecule has 1 saturated heterocycles. The van der Waals surface area contributed by atoms with Crippen molar-refractivity contribution in [3.8, 4) is 5.75 Å². The van der Waals surface area contributed by atoms with E-state index in [-0.39, 0.29) is 5.82 Å². The van der Waals surface area contributed by atoms with Crippen molar-refractivity contribution < 1.29 is 19.3 Å². The minimum atomic E-state index is -0.922. The number of rotatable bonds is 6. The first-order chi connectivity index (χ1) is 12.5. The second kappa shape index (κ2) is 8.16. The van der Waals surface area contributed by atoms with Crippen LogP contribution < -0.4 is 4.74 Å². The molecule has 140 valence electrons. The van der Waals surface area contributed by atoms with Gasteiger partial charge in [0.1, 0.15) is 11.6 Å². The first-order valence-electron chi connectivity index (χ1n) is 9.12. The fourth-order valence-electron chi connectivity index (χ4n) is 3.46. The number of piperidine rings is 1. The van der Waals surface area contributed by atoms with Gasteiger partial charge in [-0.3, -0.25) is 0 Å². The zero-order chi connectivity index (χ0) is 18.6. The molecule has 0 aromatic heterocycles. The number of benzene rings is 2. The second-order valence-corrected chi connectivity index (χ2v) is 6.86. The van der Waals surface area contributed by atoms with E-state index in [0.29, 0.717) is 39.1 Å².